The van der Waals surface area contributed by atoms with Crippen LogP contribution in [0.25, 0.3) is 0 Å². The van der Waals surface area contributed by atoms with E-state index >= 15 is 0 Å². The van der Waals surface area contributed by atoms with Gasteiger partial charge in [0.25, 0.3) is 0 Å². The van der Waals surface area contributed by atoms with Crippen LogP contribution in [0.3, 0.4) is 0 Å². The van der Waals surface area contributed by atoms with E-state index in [-0.39, 0.29) is 11.5 Å². The third-order valence-corrected chi connectivity index (χ3v) is 7.45. The van der Waals surface area contributed by atoms with Crippen molar-refractivity contribution in [3.05, 3.63) is 29.8 Å². The van der Waals surface area contributed by atoms with Crippen molar-refractivity contribution in [2.24, 2.45) is 0 Å². The zero-order chi connectivity index (χ0) is 18.0. The van der Waals surface area contributed by atoms with Crippen molar-refractivity contribution in [1.82, 2.24) is 9.21 Å². The molecule has 1 saturated heterocycles. The summed E-state index contributed by atoms with van der Waals surface area (Å²) >= 11 is 1.85. The Hall–Kier alpha value is -0.560. The number of likely N-dealkylation sites (N-methyl/N-ethyl adjacent to an activating group) is 1. The van der Waals surface area contributed by atoms with E-state index in [1.807, 2.05) is 38.0 Å². The smallest absolute Gasteiger partial charge is 0.243 e. The Morgan fingerprint density at radius 3 is 2.38 bits per heavy atom. The summed E-state index contributed by atoms with van der Waals surface area (Å²) in [6, 6.07) is 7.45. The lowest BCUT2D eigenvalue weighted by Gasteiger charge is -2.31. The van der Waals surface area contributed by atoms with Crippen molar-refractivity contribution in [2.45, 2.75) is 43.5 Å². The van der Waals surface area contributed by atoms with Gasteiger partial charge < -0.3 is 4.90 Å². The lowest BCUT2D eigenvalue weighted by molar-refractivity contribution is 0.271. The van der Waals surface area contributed by atoms with Gasteiger partial charge in [0, 0.05) is 24.9 Å². The largest absolute Gasteiger partial charge is 0.308 e. The number of sulfonamides is 1. The van der Waals surface area contributed by atoms with Gasteiger partial charge in [0.15, 0.2) is 0 Å². The van der Waals surface area contributed by atoms with Crippen LogP contribution < -0.4 is 0 Å². The highest BCUT2D eigenvalue weighted by Crippen LogP contribution is 2.27. The fourth-order valence-electron chi connectivity index (χ4n) is 2.95. The van der Waals surface area contributed by atoms with E-state index < -0.39 is 10.0 Å². The number of nitrogens with zero attached hydrogens (tertiary/aromatic N) is 2. The maximum Gasteiger partial charge on any atom is 0.243 e. The molecule has 0 bridgehead atoms. The Morgan fingerprint density at radius 2 is 1.83 bits per heavy atom. The van der Waals surface area contributed by atoms with E-state index in [1.165, 1.54) is 0 Å². The lowest BCUT2D eigenvalue weighted by atomic mass is 9.87. The van der Waals surface area contributed by atoms with Gasteiger partial charge in [0.05, 0.1) is 4.90 Å². The Morgan fingerprint density at radius 1 is 1.21 bits per heavy atom. The maximum atomic E-state index is 13.2. The minimum atomic E-state index is -3.45. The zero-order valence-corrected chi connectivity index (χ0v) is 17.1. The molecule has 1 atom stereocenters. The summed E-state index contributed by atoms with van der Waals surface area (Å²) in [5, 5.41) is 0. The fourth-order valence-corrected chi connectivity index (χ4v) is 5.76. The van der Waals surface area contributed by atoms with E-state index in [4.69, 9.17) is 0 Å². The quantitative estimate of drug-likeness (QED) is 0.817. The van der Waals surface area contributed by atoms with Crippen LogP contribution in [0.1, 0.15) is 32.8 Å². The molecular weight excluding hydrogens is 340 g/mol. The molecular formula is C18H30N2O2S2. The Balaban J connectivity index is 2.32. The van der Waals surface area contributed by atoms with Gasteiger partial charge >= 0.3 is 0 Å². The van der Waals surface area contributed by atoms with E-state index in [0.717, 1.165) is 30.0 Å². The van der Waals surface area contributed by atoms with Gasteiger partial charge in [-0.15, -0.1) is 0 Å². The SMILES string of the molecule is CN(C)CC1CSCCCN1S(=O)(=O)c1ccc(C(C)(C)C)cc1. The standard InChI is InChI=1S/C18H30N2O2S2/c1-18(2,3)15-7-9-17(10-8-15)24(21,22)20-11-6-12-23-14-16(20)13-19(4)5/h7-10,16H,6,11-14H2,1-5H3. The molecule has 1 aromatic rings. The van der Waals surface area contributed by atoms with Crippen molar-refractivity contribution < 1.29 is 8.42 Å². The van der Waals surface area contributed by atoms with Crippen molar-refractivity contribution in [1.29, 1.82) is 0 Å². The van der Waals surface area contributed by atoms with Gasteiger partial charge in [-0.2, -0.15) is 16.1 Å². The minimum absolute atomic E-state index is 0.0228. The van der Waals surface area contributed by atoms with E-state index in [2.05, 4.69) is 25.7 Å². The first-order valence-corrected chi connectivity index (χ1v) is 11.1. The highest BCUT2D eigenvalue weighted by atomic mass is 32.2. The first kappa shape index (κ1) is 19.8. The predicted octanol–water partition coefficient (Wildman–Crippen LogP) is 3.04. The molecule has 4 nitrogen and oxygen atoms in total. The molecule has 24 heavy (non-hydrogen) atoms. The number of benzene rings is 1. The van der Waals surface area contributed by atoms with Crippen molar-refractivity contribution in [3.8, 4) is 0 Å². The van der Waals surface area contributed by atoms with Crippen molar-refractivity contribution in [2.75, 3.05) is 38.7 Å². The van der Waals surface area contributed by atoms with Gasteiger partial charge in [0.1, 0.15) is 0 Å². The van der Waals surface area contributed by atoms with Crippen LogP contribution in [0, 0.1) is 0 Å². The summed E-state index contributed by atoms with van der Waals surface area (Å²) in [7, 11) is 0.548. The number of thioether (sulfide) groups is 1. The normalized spacial score (nSPS) is 21.0. The van der Waals surface area contributed by atoms with Gasteiger partial charge in [-0.05, 0) is 49.4 Å². The molecule has 0 radical (unpaired) electrons. The third-order valence-electron chi connectivity index (χ3n) is 4.29. The average Bonchev–Trinajstić information content (AvgIpc) is 2.71. The minimum Gasteiger partial charge on any atom is -0.308 e. The number of hydrogen-bond donors (Lipinski definition) is 0. The number of hydrogen-bond acceptors (Lipinski definition) is 4. The average molecular weight is 371 g/mol. The van der Waals surface area contributed by atoms with Crippen LogP contribution >= 0.6 is 11.8 Å². The Kier molecular flexibility index (Phi) is 6.40. The van der Waals surface area contributed by atoms with Crippen LogP contribution in [0.5, 0.6) is 0 Å². The number of rotatable bonds is 4. The molecule has 0 spiro atoms. The first-order valence-electron chi connectivity index (χ1n) is 8.47. The van der Waals surface area contributed by atoms with Gasteiger partial charge in [-0.1, -0.05) is 32.9 Å². The summed E-state index contributed by atoms with van der Waals surface area (Å²) in [6.45, 7) is 7.77. The van der Waals surface area contributed by atoms with Crippen LogP contribution in [0.2, 0.25) is 0 Å². The molecule has 0 amide bonds. The van der Waals surface area contributed by atoms with Gasteiger partial charge in [-0.25, -0.2) is 8.42 Å². The highest BCUT2D eigenvalue weighted by molar-refractivity contribution is 7.99. The third kappa shape index (κ3) is 4.75. The van der Waals surface area contributed by atoms with Crippen molar-refractivity contribution in [3.63, 3.8) is 0 Å². The predicted molar refractivity (Wildman–Crippen MR) is 103 cm³/mol. The van der Waals surface area contributed by atoms with Crippen molar-refractivity contribution >= 4 is 21.8 Å². The zero-order valence-electron chi connectivity index (χ0n) is 15.4. The molecule has 1 aliphatic heterocycles. The molecule has 2 rings (SSSR count). The van der Waals surface area contributed by atoms with Crippen LogP contribution in [-0.4, -0.2) is 62.4 Å². The monoisotopic (exact) mass is 370 g/mol. The second kappa shape index (κ2) is 7.77. The molecule has 1 unspecified atom stereocenters. The second-order valence-corrected chi connectivity index (χ2v) is 10.8. The van der Waals surface area contributed by atoms with E-state index in [0.29, 0.717) is 11.4 Å². The van der Waals surface area contributed by atoms with E-state index in [9.17, 15) is 8.42 Å². The molecule has 0 aromatic heterocycles. The molecule has 0 saturated carbocycles. The topological polar surface area (TPSA) is 40.6 Å². The molecule has 1 aromatic carbocycles. The van der Waals surface area contributed by atoms with Crippen LogP contribution in [-0.2, 0) is 15.4 Å². The van der Waals surface area contributed by atoms with Gasteiger partial charge in [-0.3, -0.25) is 0 Å². The highest BCUT2D eigenvalue weighted by Gasteiger charge is 2.33. The van der Waals surface area contributed by atoms with Gasteiger partial charge in [0.2, 0.25) is 10.0 Å². The lowest BCUT2D eigenvalue weighted by Crippen LogP contribution is -2.46. The molecule has 0 aliphatic carbocycles. The first-order chi connectivity index (χ1) is 11.1. The second-order valence-electron chi connectivity index (χ2n) is 7.73. The molecule has 1 aliphatic rings. The molecule has 1 fully saturated rings. The summed E-state index contributed by atoms with van der Waals surface area (Å²) in [6.07, 6.45) is 0.911. The molecule has 0 N–H and O–H groups in total. The van der Waals surface area contributed by atoms with E-state index in [1.54, 1.807) is 16.4 Å². The summed E-state index contributed by atoms with van der Waals surface area (Å²) in [5.74, 6) is 1.89. The summed E-state index contributed by atoms with van der Waals surface area (Å²) < 4.78 is 28.1. The maximum absolute atomic E-state index is 13.2. The van der Waals surface area contributed by atoms with Crippen LogP contribution in [0.15, 0.2) is 29.2 Å². The summed E-state index contributed by atoms with van der Waals surface area (Å²) in [5.41, 5.74) is 1.17. The van der Waals surface area contributed by atoms with Crippen LogP contribution in [0.4, 0.5) is 0 Å². The molecule has 136 valence electrons. The Bertz CT molecular complexity index is 634. The summed E-state index contributed by atoms with van der Waals surface area (Å²) in [4.78, 5) is 2.48. The Labute approximate surface area is 151 Å². The molecule has 1 heterocycles. The fraction of sp³-hybridized carbons (Fsp3) is 0.667. The molecule has 6 heteroatoms.